The fourth-order valence-corrected chi connectivity index (χ4v) is 5.98. The highest BCUT2D eigenvalue weighted by atomic mass is 28.3. The highest BCUT2D eigenvalue weighted by Crippen LogP contribution is 2.45. The molecule has 16 heavy (non-hydrogen) atoms. The number of hydrogen-bond donors (Lipinski definition) is 0. The summed E-state index contributed by atoms with van der Waals surface area (Å²) in [6.45, 7) is 16.0. The van der Waals surface area contributed by atoms with Crippen LogP contribution in [-0.4, -0.2) is 8.07 Å². The van der Waals surface area contributed by atoms with Crippen LogP contribution in [0.25, 0.3) is 0 Å². The van der Waals surface area contributed by atoms with Crippen molar-refractivity contribution >= 4 is 13.3 Å². The fraction of sp³-hybridized carbons (Fsp3) is 0.467. The maximum absolute atomic E-state index is 4.08. The lowest BCUT2D eigenvalue weighted by molar-refractivity contribution is 0.508. The van der Waals surface area contributed by atoms with E-state index in [9.17, 15) is 0 Å². The molecule has 1 aromatic carbocycles. The van der Waals surface area contributed by atoms with E-state index < -0.39 is 8.07 Å². The minimum Gasteiger partial charge on any atom is -0.103 e. The Kier molecular flexibility index (Phi) is 3.79. The van der Waals surface area contributed by atoms with Gasteiger partial charge in [0, 0.05) is 0 Å². The number of rotatable bonds is 4. The molecule has 0 aliphatic carbocycles. The van der Waals surface area contributed by atoms with Gasteiger partial charge in [0.15, 0.2) is 0 Å². The zero-order valence-electron chi connectivity index (χ0n) is 11.2. The zero-order valence-corrected chi connectivity index (χ0v) is 12.2. The van der Waals surface area contributed by atoms with E-state index in [0.717, 1.165) is 0 Å². The summed E-state index contributed by atoms with van der Waals surface area (Å²) in [6.07, 6.45) is 2.18. The van der Waals surface area contributed by atoms with Gasteiger partial charge in [-0.1, -0.05) is 75.5 Å². The summed E-state index contributed by atoms with van der Waals surface area (Å²) in [7, 11) is -1.51. The van der Waals surface area contributed by atoms with Gasteiger partial charge in [-0.3, -0.25) is 0 Å². The van der Waals surface area contributed by atoms with E-state index in [1.54, 1.807) is 0 Å². The van der Waals surface area contributed by atoms with Gasteiger partial charge in [0.1, 0.15) is 0 Å². The molecule has 1 atom stereocenters. The van der Waals surface area contributed by atoms with Crippen LogP contribution in [0, 0.1) is 5.92 Å². The molecule has 0 fully saturated rings. The molecule has 0 saturated carbocycles. The second-order valence-corrected chi connectivity index (χ2v) is 10.5. The summed E-state index contributed by atoms with van der Waals surface area (Å²) in [4.78, 5) is 0. The van der Waals surface area contributed by atoms with Gasteiger partial charge in [-0.05, 0) is 11.0 Å². The van der Waals surface area contributed by atoms with Crippen molar-refractivity contribution in [3.8, 4) is 0 Å². The second-order valence-electron chi connectivity index (χ2n) is 5.63. The van der Waals surface area contributed by atoms with Gasteiger partial charge in [0.05, 0.1) is 8.07 Å². The molecular weight excluding hydrogens is 208 g/mol. The van der Waals surface area contributed by atoms with E-state index in [4.69, 9.17) is 0 Å². The van der Waals surface area contributed by atoms with Crippen LogP contribution in [-0.2, 0) is 0 Å². The van der Waals surface area contributed by atoms with Crippen molar-refractivity contribution in [2.24, 2.45) is 5.92 Å². The molecule has 0 aliphatic rings. The summed E-state index contributed by atoms with van der Waals surface area (Å²) in [6, 6.07) is 10.9. The van der Waals surface area contributed by atoms with Crippen molar-refractivity contribution in [2.75, 3.05) is 0 Å². The zero-order chi connectivity index (χ0) is 12.4. The van der Waals surface area contributed by atoms with Crippen LogP contribution in [0.1, 0.15) is 20.8 Å². The predicted octanol–water partition coefficient (Wildman–Crippen LogP) is 4.20. The molecule has 0 N–H and O–H groups in total. The lowest BCUT2D eigenvalue weighted by atomic mass is 9.97. The average Bonchev–Trinajstić information content (AvgIpc) is 2.28. The molecule has 0 nitrogen and oxygen atoms in total. The first-order valence-corrected chi connectivity index (χ1v) is 9.05. The Hall–Kier alpha value is -0.823. The molecule has 0 saturated heterocycles. The molecule has 0 bridgehead atoms. The van der Waals surface area contributed by atoms with Gasteiger partial charge in [-0.2, -0.15) is 0 Å². The first-order chi connectivity index (χ1) is 7.36. The van der Waals surface area contributed by atoms with E-state index in [1.807, 2.05) is 0 Å². The first-order valence-electron chi connectivity index (χ1n) is 6.05. The Bertz CT molecular complexity index is 351. The fourth-order valence-electron chi connectivity index (χ4n) is 2.38. The quantitative estimate of drug-likeness (QED) is 0.539. The highest BCUT2D eigenvalue weighted by molar-refractivity contribution is 6.92. The predicted molar refractivity (Wildman–Crippen MR) is 77.0 cm³/mol. The molecule has 0 amide bonds. The molecule has 1 aromatic rings. The van der Waals surface area contributed by atoms with Gasteiger partial charge in [-0.15, -0.1) is 6.58 Å². The Morgan fingerprint density at radius 2 is 1.69 bits per heavy atom. The Morgan fingerprint density at radius 3 is 2.06 bits per heavy atom. The summed E-state index contributed by atoms with van der Waals surface area (Å²) in [5, 5.41) is 1.76. The molecule has 1 rings (SSSR count). The van der Waals surface area contributed by atoms with Gasteiger partial charge in [0.25, 0.3) is 0 Å². The summed E-state index contributed by atoms with van der Waals surface area (Å²) in [5.41, 5.74) is 0. The van der Waals surface area contributed by atoms with Gasteiger partial charge in [0.2, 0.25) is 0 Å². The molecule has 88 valence electrons. The van der Waals surface area contributed by atoms with Crippen LogP contribution in [0.3, 0.4) is 0 Å². The summed E-state index contributed by atoms with van der Waals surface area (Å²) < 4.78 is 0. The largest absolute Gasteiger partial charge is 0.103 e. The van der Waals surface area contributed by atoms with E-state index in [2.05, 4.69) is 76.9 Å². The normalized spacial score (nSPS) is 15.9. The molecule has 0 aliphatic heterocycles. The van der Waals surface area contributed by atoms with Crippen LogP contribution >= 0.6 is 0 Å². The lowest BCUT2D eigenvalue weighted by Gasteiger charge is -2.44. The van der Waals surface area contributed by atoms with Crippen LogP contribution in [0.4, 0.5) is 0 Å². The average molecular weight is 232 g/mol. The third-order valence-electron chi connectivity index (χ3n) is 4.47. The van der Waals surface area contributed by atoms with E-state index in [-0.39, 0.29) is 5.04 Å². The monoisotopic (exact) mass is 232 g/mol. The number of allylic oxidation sites excluding steroid dienone is 1. The van der Waals surface area contributed by atoms with Crippen molar-refractivity contribution in [3.63, 3.8) is 0 Å². The molecule has 0 aromatic heterocycles. The SMILES string of the molecule is C=C[C@](C)(C(C)C)[Si](C)(C)c1ccccc1. The Labute approximate surface area is 101 Å². The van der Waals surface area contributed by atoms with Crippen LogP contribution in [0.15, 0.2) is 43.0 Å². The van der Waals surface area contributed by atoms with Crippen molar-refractivity contribution in [3.05, 3.63) is 43.0 Å². The smallest absolute Gasteiger partial charge is 0.0903 e. The van der Waals surface area contributed by atoms with E-state index >= 15 is 0 Å². The third-order valence-corrected chi connectivity index (χ3v) is 9.72. The molecule has 0 spiro atoms. The maximum atomic E-state index is 4.08. The first kappa shape index (κ1) is 13.2. The topological polar surface area (TPSA) is 0 Å². The summed E-state index contributed by atoms with van der Waals surface area (Å²) >= 11 is 0. The Morgan fingerprint density at radius 1 is 1.19 bits per heavy atom. The lowest BCUT2D eigenvalue weighted by Crippen LogP contribution is -2.52. The van der Waals surface area contributed by atoms with Gasteiger partial charge in [-0.25, -0.2) is 0 Å². The number of benzene rings is 1. The van der Waals surface area contributed by atoms with Gasteiger partial charge < -0.3 is 0 Å². The van der Waals surface area contributed by atoms with Crippen molar-refractivity contribution in [1.29, 1.82) is 0 Å². The summed E-state index contributed by atoms with van der Waals surface area (Å²) in [5.74, 6) is 0.631. The van der Waals surface area contributed by atoms with Crippen LogP contribution in [0.5, 0.6) is 0 Å². The van der Waals surface area contributed by atoms with Crippen molar-refractivity contribution in [2.45, 2.75) is 38.9 Å². The second kappa shape index (κ2) is 4.58. The third kappa shape index (κ3) is 2.01. The van der Waals surface area contributed by atoms with Crippen molar-refractivity contribution in [1.82, 2.24) is 0 Å². The highest BCUT2D eigenvalue weighted by Gasteiger charge is 2.43. The molecule has 0 heterocycles. The standard InChI is InChI=1S/C15H24Si/c1-7-15(4,13(2)3)16(5,6)14-11-9-8-10-12-14/h7-13H,1H2,2-6H3/t15-/m1/s1. The minimum atomic E-state index is -1.51. The molecular formula is C15H24Si. The van der Waals surface area contributed by atoms with Crippen LogP contribution in [0.2, 0.25) is 18.1 Å². The van der Waals surface area contributed by atoms with E-state index in [1.165, 1.54) is 5.19 Å². The molecule has 0 radical (unpaired) electrons. The van der Waals surface area contributed by atoms with Gasteiger partial charge >= 0.3 is 0 Å². The van der Waals surface area contributed by atoms with E-state index in [0.29, 0.717) is 5.92 Å². The molecule has 1 heteroatoms. The van der Waals surface area contributed by atoms with Crippen molar-refractivity contribution < 1.29 is 0 Å². The molecule has 0 unspecified atom stereocenters. The number of hydrogen-bond acceptors (Lipinski definition) is 0. The Balaban J connectivity index is 3.24. The minimum absolute atomic E-state index is 0.244. The maximum Gasteiger partial charge on any atom is 0.0903 e. The van der Waals surface area contributed by atoms with Crippen LogP contribution < -0.4 is 5.19 Å².